The third-order valence-corrected chi connectivity index (χ3v) is 4.41. The zero-order valence-corrected chi connectivity index (χ0v) is 15.4. The first-order valence-electron chi connectivity index (χ1n) is 9.32. The zero-order valence-electron chi connectivity index (χ0n) is 15.4. The Kier molecular flexibility index (Phi) is 7.76. The number of benzene rings is 1. The van der Waals surface area contributed by atoms with E-state index in [-0.39, 0.29) is 18.6 Å². The van der Waals surface area contributed by atoms with Gasteiger partial charge in [0.2, 0.25) is 0 Å². The van der Waals surface area contributed by atoms with Crippen LogP contribution in [0.4, 0.5) is 4.79 Å². The van der Waals surface area contributed by atoms with E-state index in [0.29, 0.717) is 12.3 Å². The van der Waals surface area contributed by atoms with Crippen molar-refractivity contribution in [2.75, 3.05) is 13.1 Å². The molecule has 5 heteroatoms. The van der Waals surface area contributed by atoms with Crippen LogP contribution < -0.4 is 5.32 Å². The summed E-state index contributed by atoms with van der Waals surface area (Å²) >= 11 is 0. The molecular formula is C20H30N2O3. The topological polar surface area (TPSA) is 58.6 Å². The van der Waals surface area contributed by atoms with E-state index in [0.717, 1.165) is 44.3 Å². The second-order valence-corrected chi connectivity index (χ2v) is 7.13. The summed E-state index contributed by atoms with van der Waals surface area (Å²) in [5.41, 5.74) is 0.943. The van der Waals surface area contributed by atoms with Crippen LogP contribution in [0.3, 0.4) is 0 Å². The summed E-state index contributed by atoms with van der Waals surface area (Å²) in [5.74, 6) is -0.0700. The summed E-state index contributed by atoms with van der Waals surface area (Å²) in [6.45, 7) is 5.83. The fraction of sp³-hybridized carbons (Fsp3) is 0.600. The van der Waals surface area contributed by atoms with Crippen LogP contribution >= 0.6 is 0 Å². The lowest BCUT2D eigenvalue weighted by Gasteiger charge is -2.25. The van der Waals surface area contributed by atoms with Crippen molar-refractivity contribution in [3.05, 3.63) is 35.9 Å². The number of hydrogen-bond donors (Lipinski definition) is 1. The lowest BCUT2D eigenvalue weighted by Crippen LogP contribution is -2.49. The van der Waals surface area contributed by atoms with E-state index in [1.165, 1.54) is 0 Å². The minimum atomic E-state index is -0.598. The molecule has 0 aromatic heterocycles. The smallest absolute Gasteiger partial charge is 0.329 e. The van der Waals surface area contributed by atoms with Gasteiger partial charge < -0.3 is 15.0 Å². The van der Waals surface area contributed by atoms with Crippen LogP contribution in [-0.2, 0) is 16.1 Å². The minimum Gasteiger partial charge on any atom is -0.459 e. The maximum Gasteiger partial charge on any atom is 0.329 e. The molecule has 25 heavy (non-hydrogen) atoms. The minimum absolute atomic E-state index is 0.149. The Hall–Kier alpha value is -2.04. The predicted octanol–water partition coefficient (Wildman–Crippen LogP) is 3.73. The van der Waals surface area contributed by atoms with Crippen molar-refractivity contribution in [2.45, 2.75) is 58.6 Å². The van der Waals surface area contributed by atoms with Crippen molar-refractivity contribution in [3.63, 3.8) is 0 Å². The van der Waals surface area contributed by atoms with E-state index in [4.69, 9.17) is 4.74 Å². The Morgan fingerprint density at radius 2 is 1.72 bits per heavy atom. The Morgan fingerprint density at radius 1 is 1.08 bits per heavy atom. The lowest BCUT2D eigenvalue weighted by molar-refractivity contribution is -0.147. The Bertz CT molecular complexity index is 537. The summed E-state index contributed by atoms with van der Waals surface area (Å²) in [4.78, 5) is 26.8. The van der Waals surface area contributed by atoms with Crippen LogP contribution in [0, 0.1) is 5.92 Å². The summed E-state index contributed by atoms with van der Waals surface area (Å²) in [7, 11) is 0. The molecule has 1 aliphatic heterocycles. The summed E-state index contributed by atoms with van der Waals surface area (Å²) < 4.78 is 5.43. The molecule has 1 atom stereocenters. The molecule has 0 saturated carbocycles. The van der Waals surface area contributed by atoms with Gasteiger partial charge in [-0.1, -0.05) is 57.0 Å². The molecule has 138 valence electrons. The van der Waals surface area contributed by atoms with Gasteiger partial charge in [-0.3, -0.25) is 0 Å². The second kappa shape index (κ2) is 10.1. The summed E-state index contributed by atoms with van der Waals surface area (Å²) in [6.07, 6.45) is 4.96. The monoisotopic (exact) mass is 346 g/mol. The SMILES string of the molecule is CC(C)C[C@H](NC(=O)N1CCCCCC1)C(=O)OCc1ccccc1. The number of nitrogens with one attached hydrogen (secondary N) is 1. The Morgan fingerprint density at radius 3 is 2.32 bits per heavy atom. The molecular weight excluding hydrogens is 316 g/mol. The maximum atomic E-state index is 12.5. The molecule has 1 aromatic carbocycles. The molecule has 2 rings (SSSR count). The van der Waals surface area contributed by atoms with Crippen LogP contribution in [0.2, 0.25) is 0 Å². The average molecular weight is 346 g/mol. The van der Waals surface area contributed by atoms with Gasteiger partial charge in [0.1, 0.15) is 12.6 Å². The molecule has 1 saturated heterocycles. The molecule has 1 N–H and O–H groups in total. The highest BCUT2D eigenvalue weighted by atomic mass is 16.5. The first-order valence-corrected chi connectivity index (χ1v) is 9.32. The number of esters is 1. The van der Waals surface area contributed by atoms with Crippen molar-refractivity contribution in [2.24, 2.45) is 5.92 Å². The van der Waals surface area contributed by atoms with Crippen LogP contribution in [0.15, 0.2) is 30.3 Å². The molecule has 0 unspecified atom stereocenters. The van der Waals surface area contributed by atoms with Crippen LogP contribution in [0.5, 0.6) is 0 Å². The molecule has 0 radical (unpaired) electrons. The average Bonchev–Trinajstić information content (AvgIpc) is 2.89. The molecule has 1 heterocycles. The fourth-order valence-corrected chi connectivity index (χ4v) is 3.03. The highest BCUT2D eigenvalue weighted by Crippen LogP contribution is 2.12. The standard InChI is InChI=1S/C20H30N2O3/c1-16(2)14-18(19(23)25-15-17-10-6-5-7-11-17)21-20(24)22-12-8-3-4-9-13-22/h5-7,10-11,16,18H,3-4,8-9,12-15H2,1-2H3,(H,21,24)/t18-/m0/s1. The maximum absolute atomic E-state index is 12.5. The van der Waals surface area contributed by atoms with Crippen molar-refractivity contribution >= 4 is 12.0 Å². The number of likely N-dealkylation sites (tertiary alicyclic amines) is 1. The van der Waals surface area contributed by atoms with Gasteiger partial charge in [0.15, 0.2) is 0 Å². The normalized spacial score (nSPS) is 16.2. The van der Waals surface area contributed by atoms with E-state index in [2.05, 4.69) is 5.32 Å². The number of ether oxygens (including phenoxy) is 1. The highest BCUT2D eigenvalue weighted by Gasteiger charge is 2.26. The van der Waals surface area contributed by atoms with Gasteiger partial charge in [-0.05, 0) is 30.7 Å². The lowest BCUT2D eigenvalue weighted by atomic mass is 10.0. The molecule has 0 spiro atoms. The number of carbonyl (C=O) groups is 2. The van der Waals surface area contributed by atoms with E-state index in [9.17, 15) is 9.59 Å². The molecule has 0 aliphatic carbocycles. The first kappa shape index (κ1) is 19.3. The number of urea groups is 1. The second-order valence-electron chi connectivity index (χ2n) is 7.13. The van der Waals surface area contributed by atoms with E-state index in [1.54, 1.807) is 0 Å². The first-order chi connectivity index (χ1) is 12.1. The van der Waals surface area contributed by atoms with E-state index in [1.807, 2.05) is 49.1 Å². The number of rotatable bonds is 6. The molecule has 1 fully saturated rings. The molecule has 1 aromatic rings. The van der Waals surface area contributed by atoms with Crippen LogP contribution in [-0.4, -0.2) is 36.0 Å². The Labute approximate surface area is 150 Å². The van der Waals surface area contributed by atoms with Gasteiger partial charge in [-0.25, -0.2) is 9.59 Å². The largest absolute Gasteiger partial charge is 0.459 e. The van der Waals surface area contributed by atoms with Crippen LogP contribution in [0.1, 0.15) is 51.5 Å². The Balaban J connectivity index is 1.92. The third-order valence-electron chi connectivity index (χ3n) is 4.41. The van der Waals surface area contributed by atoms with Gasteiger partial charge in [-0.2, -0.15) is 0 Å². The summed E-state index contributed by atoms with van der Waals surface area (Å²) in [5, 5.41) is 2.89. The van der Waals surface area contributed by atoms with Crippen molar-refractivity contribution in [1.29, 1.82) is 0 Å². The van der Waals surface area contributed by atoms with E-state index < -0.39 is 6.04 Å². The number of amides is 2. The molecule has 0 bridgehead atoms. The molecule has 5 nitrogen and oxygen atoms in total. The predicted molar refractivity (Wildman–Crippen MR) is 98.1 cm³/mol. The van der Waals surface area contributed by atoms with Crippen molar-refractivity contribution in [1.82, 2.24) is 10.2 Å². The van der Waals surface area contributed by atoms with Gasteiger partial charge in [0.25, 0.3) is 0 Å². The molecule has 1 aliphatic rings. The van der Waals surface area contributed by atoms with Gasteiger partial charge in [0, 0.05) is 13.1 Å². The third kappa shape index (κ3) is 6.77. The van der Waals surface area contributed by atoms with Gasteiger partial charge in [0.05, 0.1) is 0 Å². The van der Waals surface area contributed by atoms with E-state index >= 15 is 0 Å². The van der Waals surface area contributed by atoms with Crippen molar-refractivity contribution < 1.29 is 14.3 Å². The zero-order chi connectivity index (χ0) is 18.1. The van der Waals surface area contributed by atoms with Gasteiger partial charge in [-0.15, -0.1) is 0 Å². The van der Waals surface area contributed by atoms with Gasteiger partial charge >= 0.3 is 12.0 Å². The number of carbonyl (C=O) groups excluding carboxylic acids is 2. The van der Waals surface area contributed by atoms with Crippen LogP contribution in [0.25, 0.3) is 0 Å². The molecule has 2 amide bonds. The fourth-order valence-electron chi connectivity index (χ4n) is 3.03. The van der Waals surface area contributed by atoms with Crippen molar-refractivity contribution in [3.8, 4) is 0 Å². The number of hydrogen-bond acceptors (Lipinski definition) is 3. The number of nitrogens with zero attached hydrogens (tertiary/aromatic N) is 1. The highest BCUT2D eigenvalue weighted by molar-refractivity contribution is 5.83. The quantitative estimate of drug-likeness (QED) is 0.799. The summed E-state index contributed by atoms with van der Waals surface area (Å²) in [6, 6.07) is 8.84.